The van der Waals surface area contributed by atoms with Gasteiger partial charge in [-0.3, -0.25) is 4.68 Å². The maximum Gasteiger partial charge on any atom is 0.387 e. The van der Waals surface area contributed by atoms with Crippen LogP contribution in [-0.4, -0.2) is 33.4 Å². The average molecular weight is 329 g/mol. The Labute approximate surface area is 129 Å². The minimum Gasteiger partial charge on any atom is -0.432 e. The lowest BCUT2D eigenvalue weighted by atomic mass is 10.3. The van der Waals surface area contributed by atoms with Crippen molar-refractivity contribution >= 4 is 11.7 Å². The molecule has 7 nitrogen and oxygen atoms in total. The van der Waals surface area contributed by atoms with E-state index in [9.17, 15) is 18.0 Å². The number of nitrogens with one attached hydrogen (secondary N) is 2. The predicted molar refractivity (Wildman–Crippen MR) is 74.7 cm³/mol. The first-order valence-electron chi connectivity index (χ1n) is 6.58. The van der Waals surface area contributed by atoms with E-state index < -0.39 is 24.2 Å². The van der Waals surface area contributed by atoms with Crippen LogP contribution in [0.4, 0.5) is 23.7 Å². The van der Waals surface area contributed by atoms with E-state index in [0.29, 0.717) is 6.54 Å². The van der Waals surface area contributed by atoms with E-state index in [1.165, 1.54) is 17.3 Å². The van der Waals surface area contributed by atoms with Gasteiger partial charge in [0.1, 0.15) is 18.5 Å². The molecule has 1 aromatic heterocycles. The smallest absolute Gasteiger partial charge is 0.387 e. The van der Waals surface area contributed by atoms with Gasteiger partial charge in [-0.15, -0.1) is 0 Å². The molecule has 23 heavy (non-hydrogen) atoms. The summed E-state index contributed by atoms with van der Waals surface area (Å²) >= 11 is 0. The number of rotatable bonds is 6. The molecule has 0 radical (unpaired) electrons. The van der Waals surface area contributed by atoms with Gasteiger partial charge in [-0.1, -0.05) is 0 Å². The summed E-state index contributed by atoms with van der Waals surface area (Å²) in [5.74, 6) is -1.22. The largest absolute Gasteiger partial charge is 0.432 e. The number of anilines is 1. The minimum absolute atomic E-state index is 0.0721. The summed E-state index contributed by atoms with van der Waals surface area (Å²) < 4.78 is 43.4. The highest BCUT2D eigenvalue weighted by Gasteiger charge is 2.14. The molecule has 0 fully saturated rings. The van der Waals surface area contributed by atoms with Gasteiger partial charge >= 0.3 is 12.6 Å². The number of aromatic nitrogens is 3. The fourth-order valence-electron chi connectivity index (χ4n) is 1.83. The van der Waals surface area contributed by atoms with Crippen LogP contribution in [0.2, 0.25) is 0 Å². The number of urea groups is 1. The van der Waals surface area contributed by atoms with Gasteiger partial charge in [-0.2, -0.15) is 13.9 Å². The SMILES string of the molecule is C[C@H](Cn1cncn1)NC(=O)Nc1ccc(F)cc1OC(F)F. The van der Waals surface area contributed by atoms with E-state index >= 15 is 0 Å². The highest BCUT2D eigenvalue weighted by atomic mass is 19.3. The van der Waals surface area contributed by atoms with Crippen molar-refractivity contribution in [2.75, 3.05) is 5.32 Å². The Morgan fingerprint density at radius 2 is 2.22 bits per heavy atom. The molecular formula is C13H14F3N5O2. The van der Waals surface area contributed by atoms with Crippen LogP contribution in [0.15, 0.2) is 30.9 Å². The maximum atomic E-state index is 13.1. The third kappa shape index (κ3) is 5.16. The molecule has 0 unspecified atom stereocenters. The number of ether oxygens (including phenoxy) is 1. The van der Waals surface area contributed by atoms with Gasteiger partial charge in [0, 0.05) is 12.1 Å². The number of alkyl halides is 2. The van der Waals surface area contributed by atoms with Gasteiger partial charge in [0.15, 0.2) is 5.75 Å². The summed E-state index contributed by atoms with van der Waals surface area (Å²) in [5.41, 5.74) is -0.0721. The number of amides is 2. The number of hydrogen-bond acceptors (Lipinski definition) is 4. The summed E-state index contributed by atoms with van der Waals surface area (Å²) in [5, 5.41) is 8.81. The first kappa shape index (κ1) is 16.6. The molecule has 10 heteroatoms. The van der Waals surface area contributed by atoms with Crippen molar-refractivity contribution < 1.29 is 22.7 Å². The third-order valence-electron chi connectivity index (χ3n) is 2.71. The van der Waals surface area contributed by atoms with E-state index in [1.807, 2.05) is 0 Å². The van der Waals surface area contributed by atoms with Crippen molar-refractivity contribution in [2.45, 2.75) is 26.1 Å². The zero-order chi connectivity index (χ0) is 16.8. The Bertz CT molecular complexity index is 651. The molecule has 0 aliphatic carbocycles. The van der Waals surface area contributed by atoms with Crippen molar-refractivity contribution in [1.82, 2.24) is 20.1 Å². The van der Waals surface area contributed by atoms with Crippen molar-refractivity contribution in [3.8, 4) is 5.75 Å². The van der Waals surface area contributed by atoms with Gasteiger partial charge in [-0.25, -0.2) is 14.2 Å². The number of benzene rings is 1. The Balaban J connectivity index is 1.96. The standard InChI is InChI=1S/C13H14F3N5O2/c1-8(5-21-7-17-6-18-21)19-13(22)20-10-3-2-9(14)4-11(10)23-12(15)16/h2-4,6-8,12H,5H2,1H3,(H2,19,20,22)/t8-/m1/s1. The van der Waals surface area contributed by atoms with E-state index in [-0.39, 0.29) is 11.7 Å². The molecule has 0 spiro atoms. The Morgan fingerprint density at radius 3 is 2.87 bits per heavy atom. The number of hydrogen-bond donors (Lipinski definition) is 2. The predicted octanol–water partition coefficient (Wildman–Crippen LogP) is 2.23. The fraction of sp³-hybridized carbons (Fsp3) is 0.308. The highest BCUT2D eigenvalue weighted by molar-refractivity contribution is 5.91. The zero-order valence-electron chi connectivity index (χ0n) is 12.0. The van der Waals surface area contributed by atoms with E-state index in [4.69, 9.17) is 0 Å². The molecule has 0 saturated heterocycles. The number of nitrogens with zero attached hydrogens (tertiary/aromatic N) is 3. The lowest BCUT2D eigenvalue weighted by molar-refractivity contribution is -0.0495. The van der Waals surface area contributed by atoms with E-state index in [2.05, 4.69) is 25.5 Å². The maximum absolute atomic E-state index is 13.1. The minimum atomic E-state index is -3.13. The summed E-state index contributed by atoms with van der Waals surface area (Å²) in [4.78, 5) is 15.6. The van der Waals surface area contributed by atoms with Gasteiger partial charge in [0.05, 0.1) is 12.2 Å². The first-order valence-corrected chi connectivity index (χ1v) is 6.58. The van der Waals surface area contributed by atoms with Crippen LogP contribution in [0.3, 0.4) is 0 Å². The topological polar surface area (TPSA) is 81.1 Å². The molecule has 0 saturated carbocycles. The molecule has 0 aliphatic rings. The molecule has 1 heterocycles. The van der Waals surface area contributed by atoms with Gasteiger partial charge < -0.3 is 15.4 Å². The van der Waals surface area contributed by atoms with E-state index in [1.54, 1.807) is 6.92 Å². The zero-order valence-corrected chi connectivity index (χ0v) is 12.0. The van der Waals surface area contributed by atoms with Crippen LogP contribution >= 0.6 is 0 Å². The molecule has 2 N–H and O–H groups in total. The van der Waals surface area contributed by atoms with Crippen LogP contribution in [0.1, 0.15) is 6.92 Å². The molecule has 2 amide bonds. The van der Waals surface area contributed by atoms with Crippen LogP contribution in [0, 0.1) is 5.82 Å². The third-order valence-corrected chi connectivity index (χ3v) is 2.71. The number of carbonyl (C=O) groups excluding carboxylic acids is 1. The van der Waals surface area contributed by atoms with Crippen molar-refractivity contribution in [2.24, 2.45) is 0 Å². The van der Waals surface area contributed by atoms with Gasteiger partial charge in [-0.05, 0) is 19.1 Å². The van der Waals surface area contributed by atoms with Crippen molar-refractivity contribution in [3.05, 3.63) is 36.7 Å². The fourth-order valence-corrected chi connectivity index (χ4v) is 1.83. The Hall–Kier alpha value is -2.78. The Kier molecular flexibility index (Phi) is 5.39. The van der Waals surface area contributed by atoms with Crippen LogP contribution in [0.5, 0.6) is 5.75 Å². The molecule has 1 aromatic carbocycles. The highest BCUT2D eigenvalue weighted by Crippen LogP contribution is 2.26. The van der Waals surface area contributed by atoms with Gasteiger partial charge in [0.2, 0.25) is 0 Å². The Morgan fingerprint density at radius 1 is 1.43 bits per heavy atom. The first-order chi connectivity index (χ1) is 10.9. The normalized spacial score (nSPS) is 12.0. The lowest BCUT2D eigenvalue weighted by Gasteiger charge is -2.16. The second kappa shape index (κ2) is 7.47. The van der Waals surface area contributed by atoms with Crippen molar-refractivity contribution in [3.63, 3.8) is 0 Å². The van der Waals surface area contributed by atoms with E-state index in [0.717, 1.165) is 18.2 Å². The number of halogens is 3. The summed E-state index contributed by atoms with van der Waals surface area (Å²) in [6.07, 6.45) is 2.85. The molecule has 1 atom stereocenters. The van der Waals surface area contributed by atoms with Crippen molar-refractivity contribution in [1.29, 1.82) is 0 Å². The molecule has 124 valence electrons. The molecule has 2 aromatic rings. The lowest BCUT2D eigenvalue weighted by Crippen LogP contribution is -2.38. The van der Waals surface area contributed by atoms with Crippen LogP contribution in [-0.2, 0) is 6.54 Å². The average Bonchev–Trinajstić information content (AvgIpc) is 2.93. The van der Waals surface area contributed by atoms with Crippen LogP contribution in [0.25, 0.3) is 0 Å². The molecular weight excluding hydrogens is 315 g/mol. The quantitative estimate of drug-likeness (QED) is 0.851. The number of carbonyl (C=O) groups is 1. The molecule has 0 aliphatic heterocycles. The molecule has 0 bridgehead atoms. The summed E-state index contributed by atoms with van der Waals surface area (Å²) in [6, 6.07) is 1.96. The molecule has 2 rings (SSSR count). The van der Waals surface area contributed by atoms with Crippen LogP contribution < -0.4 is 15.4 Å². The summed E-state index contributed by atoms with van der Waals surface area (Å²) in [6.45, 7) is -1.04. The van der Waals surface area contributed by atoms with Gasteiger partial charge in [0.25, 0.3) is 0 Å². The monoisotopic (exact) mass is 329 g/mol. The second-order valence-electron chi connectivity index (χ2n) is 4.64. The summed E-state index contributed by atoms with van der Waals surface area (Å²) in [7, 11) is 0. The second-order valence-corrected chi connectivity index (χ2v) is 4.64.